The molecule has 3 aromatic rings. The summed E-state index contributed by atoms with van der Waals surface area (Å²) < 4.78 is 10.6. The molecule has 0 spiro atoms. The summed E-state index contributed by atoms with van der Waals surface area (Å²) in [6.45, 7) is 0. The number of methoxy groups -OCH3 is 1. The molecule has 2 N–H and O–H groups in total. The number of amides is 2. The van der Waals surface area contributed by atoms with Gasteiger partial charge >= 0.3 is 0 Å². The standard InChI is InChI=1S/C19H16Cl2N2O4S/c1-26-13-3-4-14-11(9-27-16(14)8-13)6-18(24)22-23-19(25)10-28-17-7-12(20)2-5-15(17)21/h2-5,7-9H,6,10H2,1H3,(H,22,24)(H,23,25). The van der Waals surface area contributed by atoms with Gasteiger partial charge in [-0.25, -0.2) is 0 Å². The molecule has 0 aliphatic heterocycles. The summed E-state index contributed by atoms with van der Waals surface area (Å²) >= 11 is 13.2. The normalized spacial score (nSPS) is 10.7. The zero-order chi connectivity index (χ0) is 20.1. The van der Waals surface area contributed by atoms with E-state index in [1.165, 1.54) is 18.0 Å². The lowest BCUT2D eigenvalue weighted by Crippen LogP contribution is -2.43. The molecule has 3 rings (SSSR count). The van der Waals surface area contributed by atoms with Crippen LogP contribution in [0, 0.1) is 0 Å². The molecule has 0 atom stereocenters. The summed E-state index contributed by atoms with van der Waals surface area (Å²) in [6, 6.07) is 10.4. The molecule has 0 fully saturated rings. The number of fused-ring (bicyclic) bond motifs is 1. The average Bonchev–Trinajstić information content (AvgIpc) is 3.08. The molecule has 6 nitrogen and oxygen atoms in total. The fraction of sp³-hybridized carbons (Fsp3) is 0.158. The van der Waals surface area contributed by atoms with Gasteiger partial charge in [-0.15, -0.1) is 11.8 Å². The van der Waals surface area contributed by atoms with Crippen molar-refractivity contribution in [2.75, 3.05) is 12.9 Å². The van der Waals surface area contributed by atoms with E-state index in [1.807, 2.05) is 6.07 Å². The monoisotopic (exact) mass is 438 g/mol. The molecule has 0 aliphatic carbocycles. The number of benzene rings is 2. The Morgan fingerprint density at radius 1 is 1.11 bits per heavy atom. The van der Waals surface area contributed by atoms with Gasteiger partial charge in [0.05, 0.1) is 30.6 Å². The van der Waals surface area contributed by atoms with Crippen LogP contribution in [0.5, 0.6) is 5.75 Å². The van der Waals surface area contributed by atoms with E-state index in [4.69, 9.17) is 32.4 Å². The molecule has 0 aliphatic rings. The highest BCUT2D eigenvalue weighted by Crippen LogP contribution is 2.29. The van der Waals surface area contributed by atoms with Gasteiger partial charge in [0.15, 0.2) is 0 Å². The second kappa shape index (κ2) is 9.23. The SMILES string of the molecule is COc1ccc2c(CC(=O)NNC(=O)CSc3cc(Cl)ccc3Cl)coc2c1. The Bertz CT molecular complexity index is 1020. The van der Waals surface area contributed by atoms with Crippen LogP contribution in [0.25, 0.3) is 11.0 Å². The van der Waals surface area contributed by atoms with Crippen molar-refractivity contribution >= 4 is 57.7 Å². The summed E-state index contributed by atoms with van der Waals surface area (Å²) in [6.07, 6.45) is 1.58. The van der Waals surface area contributed by atoms with Crippen molar-refractivity contribution in [3.63, 3.8) is 0 Å². The molecular formula is C19H16Cl2N2O4S. The third-order valence-electron chi connectivity index (χ3n) is 3.81. The lowest BCUT2D eigenvalue weighted by molar-refractivity contribution is -0.127. The largest absolute Gasteiger partial charge is 0.497 e. The molecule has 2 amide bonds. The van der Waals surface area contributed by atoms with Gasteiger partial charge in [0.1, 0.15) is 11.3 Å². The summed E-state index contributed by atoms with van der Waals surface area (Å²) in [5, 5.41) is 1.86. The molecule has 9 heteroatoms. The van der Waals surface area contributed by atoms with Crippen LogP contribution in [-0.4, -0.2) is 24.7 Å². The number of carbonyl (C=O) groups excluding carboxylic acids is 2. The first-order valence-electron chi connectivity index (χ1n) is 8.16. The topological polar surface area (TPSA) is 80.6 Å². The van der Waals surface area contributed by atoms with Crippen LogP contribution in [0.1, 0.15) is 5.56 Å². The zero-order valence-electron chi connectivity index (χ0n) is 14.8. The van der Waals surface area contributed by atoms with Crippen molar-refractivity contribution in [2.45, 2.75) is 11.3 Å². The Kier molecular flexibility index (Phi) is 6.72. The molecule has 0 bridgehead atoms. The second-order valence-corrected chi connectivity index (χ2v) is 7.62. The second-order valence-electron chi connectivity index (χ2n) is 5.76. The van der Waals surface area contributed by atoms with Crippen molar-refractivity contribution in [3.05, 3.63) is 58.3 Å². The first kappa shape index (κ1) is 20.4. The van der Waals surface area contributed by atoms with E-state index >= 15 is 0 Å². The smallest absolute Gasteiger partial charge is 0.248 e. The molecule has 0 unspecified atom stereocenters. The minimum atomic E-state index is -0.365. The van der Waals surface area contributed by atoms with Crippen LogP contribution < -0.4 is 15.6 Å². The number of furan rings is 1. The minimum Gasteiger partial charge on any atom is -0.497 e. The fourth-order valence-electron chi connectivity index (χ4n) is 2.45. The zero-order valence-corrected chi connectivity index (χ0v) is 17.1. The van der Waals surface area contributed by atoms with Crippen LogP contribution in [-0.2, 0) is 16.0 Å². The molecule has 0 saturated carbocycles. The molecule has 0 saturated heterocycles. The van der Waals surface area contributed by atoms with Gasteiger partial charge in [-0.05, 0) is 30.3 Å². The van der Waals surface area contributed by atoms with Gasteiger partial charge < -0.3 is 9.15 Å². The number of hydrogen-bond acceptors (Lipinski definition) is 5. The Hall–Kier alpha value is -2.35. The number of nitrogens with one attached hydrogen (secondary N) is 2. The van der Waals surface area contributed by atoms with E-state index in [1.54, 1.807) is 37.4 Å². The minimum absolute atomic E-state index is 0.0624. The van der Waals surface area contributed by atoms with Gasteiger partial charge in [0.25, 0.3) is 0 Å². The maximum atomic E-state index is 12.1. The van der Waals surface area contributed by atoms with E-state index in [-0.39, 0.29) is 24.0 Å². The van der Waals surface area contributed by atoms with Gasteiger partial charge in [-0.1, -0.05) is 23.2 Å². The Balaban J connectivity index is 1.50. The number of carbonyl (C=O) groups is 2. The third kappa shape index (κ3) is 5.13. The molecule has 1 aromatic heterocycles. The van der Waals surface area contributed by atoms with Crippen LogP contribution in [0.15, 0.2) is 52.0 Å². The molecule has 1 heterocycles. The lowest BCUT2D eigenvalue weighted by Gasteiger charge is -2.08. The van der Waals surface area contributed by atoms with Crippen LogP contribution in [0.2, 0.25) is 10.0 Å². The van der Waals surface area contributed by atoms with Crippen molar-refractivity contribution in [1.82, 2.24) is 10.9 Å². The predicted molar refractivity (Wildman–Crippen MR) is 110 cm³/mol. The Morgan fingerprint density at radius 3 is 2.68 bits per heavy atom. The van der Waals surface area contributed by atoms with Crippen LogP contribution in [0.4, 0.5) is 0 Å². The maximum absolute atomic E-state index is 12.1. The summed E-state index contributed by atoms with van der Waals surface area (Å²) in [5.41, 5.74) is 6.11. The van der Waals surface area contributed by atoms with Crippen molar-refractivity contribution < 1.29 is 18.7 Å². The predicted octanol–water partition coefficient (Wildman–Crippen LogP) is 4.23. The number of thioether (sulfide) groups is 1. The number of hydrogen-bond donors (Lipinski definition) is 2. The van der Waals surface area contributed by atoms with Crippen LogP contribution >= 0.6 is 35.0 Å². The Labute approximate surface area is 175 Å². The van der Waals surface area contributed by atoms with Crippen LogP contribution in [0.3, 0.4) is 0 Å². The van der Waals surface area contributed by atoms with Gasteiger partial charge in [0, 0.05) is 26.9 Å². The highest BCUT2D eigenvalue weighted by atomic mass is 35.5. The van der Waals surface area contributed by atoms with E-state index < -0.39 is 0 Å². The van der Waals surface area contributed by atoms with E-state index in [2.05, 4.69) is 10.9 Å². The van der Waals surface area contributed by atoms with E-state index in [0.29, 0.717) is 31.8 Å². The maximum Gasteiger partial charge on any atom is 0.248 e. The number of halogens is 2. The highest BCUT2D eigenvalue weighted by molar-refractivity contribution is 8.00. The number of ether oxygens (including phenoxy) is 1. The van der Waals surface area contributed by atoms with Crippen molar-refractivity contribution in [1.29, 1.82) is 0 Å². The Morgan fingerprint density at radius 2 is 1.89 bits per heavy atom. The quantitative estimate of drug-likeness (QED) is 0.444. The van der Waals surface area contributed by atoms with E-state index in [9.17, 15) is 9.59 Å². The average molecular weight is 439 g/mol. The van der Waals surface area contributed by atoms with Gasteiger partial charge in [-0.3, -0.25) is 20.4 Å². The van der Waals surface area contributed by atoms with Crippen molar-refractivity contribution in [2.24, 2.45) is 0 Å². The molecule has 146 valence electrons. The lowest BCUT2D eigenvalue weighted by atomic mass is 10.1. The number of rotatable bonds is 6. The summed E-state index contributed by atoms with van der Waals surface area (Å²) in [5.74, 6) is 0.0191. The van der Waals surface area contributed by atoms with Gasteiger partial charge in [0.2, 0.25) is 11.8 Å². The first-order valence-corrected chi connectivity index (χ1v) is 9.90. The highest BCUT2D eigenvalue weighted by Gasteiger charge is 2.12. The van der Waals surface area contributed by atoms with E-state index in [0.717, 1.165) is 5.39 Å². The summed E-state index contributed by atoms with van der Waals surface area (Å²) in [4.78, 5) is 24.8. The molecule has 2 aromatic carbocycles. The van der Waals surface area contributed by atoms with Gasteiger partial charge in [-0.2, -0.15) is 0 Å². The molecule has 0 radical (unpaired) electrons. The first-order chi connectivity index (χ1) is 13.5. The third-order valence-corrected chi connectivity index (χ3v) is 5.54. The fourth-order valence-corrected chi connectivity index (χ4v) is 3.74. The number of hydrazine groups is 1. The summed E-state index contributed by atoms with van der Waals surface area (Å²) in [7, 11) is 1.57. The van der Waals surface area contributed by atoms with Crippen molar-refractivity contribution in [3.8, 4) is 5.75 Å². The molecular weight excluding hydrogens is 423 g/mol. The molecule has 28 heavy (non-hydrogen) atoms.